The fourth-order valence-corrected chi connectivity index (χ4v) is 1.91. The summed E-state index contributed by atoms with van der Waals surface area (Å²) in [5.74, 6) is -2.03. The number of carboxylic acid groups (broad SMARTS) is 1. The number of hydrogen-bond acceptors (Lipinski definition) is 3. The molecular formula is C12H14F2O3S. The molecule has 0 aromatic heterocycles. The van der Waals surface area contributed by atoms with E-state index in [2.05, 4.69) is 0 Å². The zero-order valence-corrected chi connectivity index (χ0v) is 10.7. The summed E-state index contributed by atoms with van der Waals surface area (Å²) < 4.78 is 31.8. The highest BCUT2D eigenvalue weighted by molar-refractivity contribution is 7.99. The number of benzene rings is 1. The molecule has 0 heterocycles. The van der Waals surface area contributed by atoms with E-state index >= 15 is 0 Å². The van der Waals surface area contributed by atoms with Crippen molar-refractivity contribution < 1.29 is 23.4 Å². The van der Waals surface area contributed by atoms with E-state index in [0.29, 0.717) is 6.42 Å². The van der Waals surface area contributed by atoms with Crippen molar-refractivity contribution >= 4 is 17.7 Å². The Kier molecular flexibility index (Phi) is 5.91. The highest BCUT2D eigenvalue weighted by Gasteiger charge is 2.15. The smallest absolute Gasteiger partial charge is 0.335 e. The average Bonchev–Trinajstić information content (AvgIpc) is 2.31. The largest absolute Gasteiger partial charge is 0.488 e. The number of hydrogen-bond donors (Lipinski definition) is 1. The molecule has 6 heteroatoms. The standard InChI is InChI=1S/C12H14F2O3S/c1-2-18-5-3-4-17-11-9(13)6-8(12(15)16)7-10(11)14/h6-7H,2-5H2,1H3,(H,15,16). The summed E-state index contributed by atoms with van der Waals surface area (Å²) in [5.41, 5.74) is -0.432. The maximum Gasteiger partial charge on any atom is 0.335 e. The number of halogens is 2. The average molecular weight is 276 g/mol. The quantitative estimate of drug-likeness (QED) is 0.777. The molecule has 0 fully saturated rings. The Morgan fingerprint density at radius 3 is 2.50 bits per heavy atom. The van der Waals surface area contributed by atoms with Crippen LogP contribution >= 0.6 is 11.8 Å². The number of thioether (sulfide) groups is 1. The van der Waals surface area contributed by atoms with Gasteiger partial charge in [0.15, 0.2) is 17.4 Å². The Morgan fingerprint density at radius 2 is 2.00 bits per heavy atom. The van der Waals surface area contributed by atoms with Crippen LogP contribution in [0.15, 0.2) is 12.1 Å². The lowest BCUT2D eigenvalue weighted by atomic mass is 10.2. The van der Waals surface area contributed by atoms with Gasteiger partial charge in [-0.1, -0.05) is 6.92 Å². The molecule has 0 unspecified atom stereocenters. The molecule has 0 atom stereocenters. The maximum absolute atomic E-state index is 13.4. The van der Waals surface area contributed by atoms with Crippen molar-refractivity contribution in [1.29, 1.82) is 0 Å². The lowest BCUT2D eigenvalue weighted by molar-refractivity contribution is 0.0695. The maximum atomic E-state index is 13.4. The fraction of sp³-hybridized carbons (Fsp3) is 0.417. The molecule has 1 rings (SSSR count). The van der Waals surface area contributed by atoms with E-state index < -0.39 is 28.9 Å². The van der Waals surface area contributed by atoms with Gasteiger partial charge in [0, 0.05) is 0 Å². The van der Waals surface area contributed by atoms with Crippen LogP contribution in [0.3, 0.4) is 0 Å². The Hall–Kier alpha value is -1.30. The highest BCUT2D eigenvalue weighted by Crippen LogP contribution is 2.23. The van der Waals surface area contributed by atoms with Crippen LogP contribution in [0.2, 0.25) is 0 Å². The van der Waals surface area contributed by atoms with Gasteiger partial charge in [-0.05, 0) is 30.1 Å². The van der Waals surface area contributed by atoms with Gasteiger partial charge in [-0.3, -0.25) is 0 Å². The molecule has 0 spiro atoms. The molecule has 1 aromatic rings. The lowest BCUT2D eigenvalue weighted by Crippen LogP contribution is -2.05. The molecular weight excluding hydrogens is 262 g/mol. The molecule has 0 aliphatic rings. The van der Waals surface area contributed by atoms with Gasteiger partial charge in [0.05, 0.1) is 12.2 Å². The first kappa shape index (κ1) is 14.8. The van der Waals surface area contributed by atoms with Crippen LogP contribution in [-0.2, 0) is 0 Å². The van der Waals surface area contributed by atoms with Crippen LogP contribution in [0.25, 0.3) is 0 Å². The molecule has 1 N–H and O–H groups in total. The molecule has 0 radical (unpaired) electrons. The molecule has 0 bridgehead atoms. The van der Waals surface area contributed by atoms with Crippen LogP contribution in [0.4, 0.5) is 8.78 Å². The molecule has 0 aliphatic carbocycles. The first-order chi connectivity index (χ1) is 8.56. The van der Waals surface area contributed by atoms with E-state index in [0.717, 1.165) is 23.6 Å². The molecule has 0 saturated heterocycles. The van der Waals surface area contributed by atoms with Gasteiger partial charge in [-0.15, -0.1) is 0 Å². The summed E-state index contributed by atoms with van der Waals surface area (Å²) in [6.07, 6.45) is 0.679. The van der Waals surface area contributed by atoms with Gasteiger partial charge in [0.25, 0.3) is 0 Å². The van der Waals surface area contributed by atoms with Crippen molar-refractivity contribution in [3.8, 4) is 5.75 Å². The summed E-state index contributed by atoms with van der Waals surface area (Å²) in [7, 11) is 0. The van der Waals surface area contributed by atoms with Crippen molar-refractivity contribution in [2.45, 2.75) is 13.3 Å². The normalized spacial score (nSPS) is 10.4. The predicted octanol–water partition coefficient (Wildman–Crippen LogP) is 3.19. The van der Waals surface area contributed by atoms with E-state index in [-0.39, 0.29) is 6.61 Å². The molecule has 3 nitrogen and oxygen atoms in total. The third kappa shape index (κ3) is 4.18. The second-order valence-corrected chi connectivity index (χ2v) is 4.87. The minimum absolute atomic E-state index is 0.202. The predicted molar refractivity (Wildman–Crippen MR) is 66.4 cm³/mol. The van der Waals surface area contributed by atoms with Crippen LogP contribution < -0.4 is 4.74 Å². The van der Waals surface area contributed by atoms with Crippen molar-refractivity contribution in [2.24, 2.45) is 0 Å². The number of carboxylic acids is 1. The van der Waals surface area contributed by atoms with Crippen LogP contribution in [0, 0.1) is 11.6 Å². The Morgan fingerprint density at radius 1 is 1.39 bits per heavy atom. The minimum atomic E-state index is -1.38. The number of rotatable bonds is 7. The van der Waals surface area contributed by atoms with Crippen molar-refractivity contribution in [3.05, 3.63) is 29.3 Å². The van der Waals surface area contributed by atoms with Gasteiger partial charge in [0.1, 0.15) is 0 Å². The van der Waals surface area contributed by atoms with Crippen molar-refractivity contribution in [2.75, 3.05) is 18.1 Å². The Labute approximate surface area is 108 Å². The SMILES string of the molecule is CCSCCCOc1c(F)cc(C(=O)O)cc1F. The van der Waals surface area contributed by atoms with Gasteiger partial charge in [-0.2, -0.15) is 11.8 Å². The zero-order valence-electron chi connectivity index (χ0n) is 9.91. The molecule has 100 valence electrons. The Bertz CT molecular complexity index is 401. The molecule has 0 saturated carbocycles. The highest BCUT2D eigenvalue weighted by atomic mass is 32.2. The monoisotopic (exact) mass is 276 g/mol. The Balaban J connectivity index is 2.63. The lowest BCUT2D eigenvalue weighted by Gasteiger charge is -2.08. The van der Waals surface area contributed by atoms with E-state index in [1.807, 2.05) is 6.92 Å². The summed E-state index contributed by atoms with van der Waals surface area (Å²) >= 11 is 1.71. The van der Waals surface area contributed by atoms with E-state index in [9.17, 15) is 13.6 Å². The van der Waals surface area contributed by atoms with Gasteiger partial charge < -0.3 is 9.84 Å². The van der Waals surface area contributed by atoms with E-state index in [1.54, 1.807) is 11.8 Å². The second kappa shape index (κ2) is 7.20. The second-order valence-electron chi connectivity index (χ2n) is 3.47. The summed E-state index contributed by atoms with van der Waals surface area (Å²) in [5, 5.41) is 8.62. The van der Waals surface area contributed by atoms with Gasteiger partial charge in [-0.25, -0.2) is 13.6 Å². The van der Waals surface area contributed by atoms with Gasteiger partial charge >= 0.3 is 5.97 Å². The summed E-state index contributed by atoms with van der Waals surface area (Å²) in [6.45, 7) is 2.22. The zero-order chi connectivity index (χ0) is 13.5. The third-order valence-corrected chi connectivity index (χ3v) is 3.11. The van der Waals surface area contributed by atoms with Crippen LogP contribution in [0.1, 0.15) is 23.7 Å². The first-order valence-corrected chi connectivity index (χ1v) is 6.64. The number of aromatic carboxylic acids is 1. The number of carbonyl (C=O) groups is 1. The molecule has 18 heavy (non-hydrogen) atoms. The van der Waals surface area contributed by atoms with Gasteiger partial charge in [0.2, 0.25) is 0 Å². The minimum Gasteiger partial charge on any atom is -0.488 e. The van der Waals surface area contributed by atoms with Crippen molar-refractivity contribution in [3.63, 3.8) is 0 Å². The van der Waals surface area contributed by atoms with Crippen molar-refractivity contribution in [1.82, 2.24) is 0 Å². The van der Waals surface area contributed by atoms with E-state index in [4.69, 9.17) is 9.84 Å². The van der Waals surface area contributed by atoms with E-state index in [1.165, 1.54) is 0 Å². The fourth-order valence-electron chi connectivity index (χ4n) is 1.30. The molecule has 1 aromatic carbocycles. The van der Waals surface area contributed by atoms with Crippen LogP contribution in [0.5, 0.6) is 5.75 Å². The molecule has 0 aliphatic heterocycles. The topological polar surface area (TPSA) is 46.5 Å². The number of ether oxygens (including phenoxy) is 1. The molecule has 0 amide bonds. The van der Waals surface area contributed by atoms with Crippen LogP contribution in [-0.4, -0.2) is 29.2 Å². The summed E-state index contributed by atoms with van der Waals surface area (Å²) in [4.78, 5) is 10.6. The first-order valence-electron chi connectivity index (χ1n) is 5.49. The summed E-state index contributed by atoms with van der Waals surface area (Å²) in [6, 6.07) is 1.50. The third-order valence-electron chi connectivity index (χ3n) is 2.13.